The number of anilines is 2. The molecule has 0 unspecified atom stereocenters. The van der Waals surface area contributed by atoms with E-state index in [9.17, 15) is 37.7 Å². The van der Waals surface area contributed by atoms with Gasteiger partial charge >= 0.3 is 6.18 Å². The number of nitro benzene ring substituents is 1. The van der Waals surface area contributed by atoms with Crippen LogP contribution in [0.2, 0.25) is 0 Å². The number of alkyl halides is 3. The lowest BCUT2D eigenvalue weighted by molar-refractivity contribution is -0.384. The normalized spacial score (nSPS) is 13.8. The van der Waals surface area contributed by atoms with E-state index >= 15 is 0 Å². The second kappa shape index (κ2) is 9.67. The summed E-state index contributed by atoms with van der Waals surface area (Å²) in [6.45, 7) is 0.108. The molecule has 3 rings (SSSR count). The zero-order valence-electron chi connectivity index (χ0n) is 17.1. The Balaban J connectivity index is 1.52. The maximum Gasteiger partial charge on any atom is 0.416 e. The number of hydrogen-bond acceptors (Lipinski definition) is 6. The number of nitrogens with zero attached hydrogens (tertiary/aromatic N) is 2. The Morgan fingerprint density at radius 3 is 2.27 bits per heavy atom. The lowest BCUT2D eigenvalue weighted by Crippen LogP contribution is -2.28. The van der Waals surface area contributed by atoms with Gasteiger partial charge in [0, 0.05) is 37.6 Å². The molecule has 0 aliphatic carbocycles. The number of imide groups is 1. The van der Waals surface area contributed by atoms with Crippen LogP contribution >= 0.6 is 0 Å². The van der Waals surface area contributed by atoms with Crippen molar-refractivity contribution in [3.8, 4) is 0 Å². The molecule has 1 aliphatic rings. The van der Waals surface area contributed by atoms with Crippen molar-refractivity contribution in [3.05, 3.63) is 63.7 Å². The molecule has 0 bridgehead atoms. The van der Waals surface area contributed by atoms with E-state index in [0.29, 0.717) is 17.3 Å². The van der Waals surface area contributed by atoms with Gasteiger partial charge in [0.2, 0.25) is 17.7 Å². The monoisotopic (exact) mass is 464 g/mol. The third kappa shape index (κ3) is 6.05. The predicted molar refractivity (Wildman–Crippen MR) is 111 cm³/mol. The maximum atomic E-state index is 12.8. The fourth-order valence-corrected chi connectivity index (χ4v) is 3.22. The average Bonchev–Trinajstić information content (AvgIpc) is 3.06. The number of nitro groups is 1. The van der Waals surface area contributed by atoms with Crippen molar-refractivity contribution in [2.45, 2.75) is 32.0 Å². The van der Waals surface area contributed by atoms with Crippen LogP contribution in [0.1, 0.15) is 30.4 Å². The van der Waals surface area contributed by atoms with E-state index in [2.05, 4.69) is 10.6 Å². The lowest BCUT2D eigenvalue weighted by atomic mass is 10.1. The number of carbonyl (C=O) groups excluding carboxylic acids is 3. The SMILES string of the molecule is O=C(CCNc1ccc(C(F)(F)F)cc1[N+](=O)[O-])Nc1ccc(CN2C(=O)CCC2=O)cc1. The highest BCUT2D eigenvalue weighted by Gasteiger charge is 2.33. The Kier molecular flexibility index (Phi) is 6.95. The largest absolute Gasteiger partial charge is 0.416 e. The minimum absolute atomic E-state index is 0.0463. The molecule has 2 aromatic rings. The first kappa shape index (κ1) is 23.7. The number of rotatable bonds is 8. The zero-order chi connectivity index (χ0) is 24.2. The third-order valence-electron chi connectivity index (χ3n) is 4.92. The minimum atomic E-state index is -4.71. The highest BCUT2D eigenvalue weighted by atomic mass is 19.4. The van der Waals surface area contributed by atoms with Gasteiger partial charge in [-0.25, -0.2) is 0 Å². The molecule has 0 aromatic heterocycles. The van der Waals surface area contributed by atoms with E-state index in [1.165, 1.54) is 4.90 Å². The number of nitrogens with one attached hydrogen (secondary N) is 2. The van der Waals surface area contributed by atoms with Gasteiger partial charge in [0.1, 0.15) is 5.69 Å². The number of amides is 3. The fraction of sp³-hybridized carbons (Fsp3) is 0.286. The quantitative estimate of drug-likeness (QED) is 0.349. The summed E-state index contributed by atoms with van der Waals surface area (Å²) in [5.41, 5.74) is -0.831. The molecule has 3 amide bonds. The predicted octanol–water partition coefficient (Wildman–Crippen LogP) is 3.70. The molecule has 1 aliphatic heterocycles. The van der Waals surface area contributed by atoms with E-state index in [-0.39, 0.29) is 49.9 Å². The molecule has 9 nitrogen and oxygen atoms in total. The van der Waals surface area contributed by atoms with E-state index in [1.807, 2.05) is 0 Å². The number of benzene rings is 2. The van der Waals surface area contributed by atoms with Crippen LogP contribution in [-0.2, 0) is 27.1 Å². The van der Waals surface area contributed by atoms with Gasteiger partial charge in [-0.1, -0.05) is 12.1 Å². The van der Waals surface area contributed by atoms with Gasteiger partial charge in [0.25, 0.3) is 5.69 Å². The maximum absolute atomic E-state index is 12.8. The molecule has 0 saturated carbocycles. The molecule has 1 heterocycles. The molecule has 174 valence electrons. The summed E-state index contributed by atoms with van der Waals surface area (Å²) < 4.78 is 38.3. The van der Waals surface area contributed by atoms with E-state index in [1.54, 1.807) is 24.3 Å². The Morgan fingerprint density at radius 2 is 1.70 bits per heavy atom. The first-order valence-electron chi connectivity index (χ1n) is 9.86. The number of hydrogen-bond donors (Lipinski definition) is 2. The Morgan fingerprint density at radius 1 is 1.06 bits per heavy atom. The summed E-state index contributed by atoms with van der Waals surface area (Å²) >= 11 is 0. The molecule has 0 atom stereocenters. The number of carbonyl (C=O) groups is 3. The van der Waals surface area contributed by atoms with Crippen molar-refractivity contribution in [3.63, 3.8) is 0 Å². The van der Waals surface area contributed by atoms with Crippen LogP contribution in [0.5, 0.6) is 0 Å². The van der Waals surface area contributed by atoms with Crippen molar-refractivity contribution < 1.29 is 32.5 Å². The van der Waals surface area contributed by atoms with Crippen molar-refractivity contribution >= 4 is 34.8 Å². The Bertz CT molecular complexity index is 1070. The van der Waals surface area contributed by atoms with Crippen LogP contribution in [0.25, 0.3) is 0 Å². The van der Waals surface area contributed by atoms with E-state index in [4.69, 9.17) is 0 Å². The van der Waals surface area contributed by atoms with Crippen LogP contribution < -0.4 is 10.6 Å². The molecule has 0 spiro atoms. The van der Waals surface area contributed by atoms with Gasteiger partial charge in [-0.05, 0) is 29.8 Å². The summed E-state index contributed by atoms with van der Waals surface area (Å²) in [6.07, 6.45) is -4.40. The van der Waals surface area contributed by atoms with Crippen molar-refractivity contribution in [2.24, 2.45) is 0 Å². The summed E-state index contributed by atoms with van der Waals surface area (Å²) in [6, 6.07) is 8.65. The van der Waals surface area contributed by atoms with Crippen LogP contribution in [0.4, 0.5) is 30.2 Å². The highest BCUT2D eigenvalue weighted by Crippen LogP contribution is 2.34. The van der Waals surface area contributed by atoms with Gasteiger partial charge in [-0.15, -0.1) is 0 Å². The zero-order valence-corrected chi connectivity index (χ0v) is 17.1. The first-order valence-corrected chi connectivity index (χ1v) is 9.86. The van der Waals surface area contributed by atoms with E-state index < -0.39 is 28.3 Å². The summed E-state index contributed by atoms with van der Waals surface area (Å²) in [5.74, 6) is -0.869. The third-order valence-corrected chi connectivity index (χ3v) is 4.92. The van der Waals surface area contributed by atoms with Gasteiger partial charge in [0.15, 0.2) is 0 Å². The van der Waals surface area contributed by atoms with Gasteiger partial charge in [0.05, 0.1) is 17.0 Å². The van der Waals surface area contributed by atoms with E-state index in [0.717, 1.165) is 12.1 Å². The van der Waals surface area contributed by atoms with Crippen molar-refractivity contribution in [2.75, 3.05) is 17.2 Å². The molecule has 0 radical (unpaired) electrons. The minimum Gasteiger partial charge on any atom is -0.379 e. The molecular weight excluding hydrogens is 445 g/mol. The smallest absolute Gasteiger partial charge is 0.379 e. The van der Waals surface area contributed by atoms with Gasteiger partial charge in [-0.3, -0.25) is 29.4 Å². The number of halogens is 3. The Labute approximate surface area is 185 Å². The molecule has 1 saturated heterocycles. The molecule has 1 fully saturated rings. The summed E-state index contributed by atoms with van der Waals surface area (Å²) in [4.78, 5) is 46.8. The summed E-state index contributed by atoms with van der Waals surface area (Å²) in [7, 11) is 0. The lowest BCUT2D eigenvalue weighted by Gasteiger charge is -2.14. The van der Waals surface area contributed by atoms with Crippen LogP contribution in [-0.4, -0.2) is 34.1 Å². The van der Waals surface area contributed by atoms with Gasteiger partial charge in [-0.2, -0.15) is 13.2 Å². The van der Waals surface area contributed by atoms with Crippen molar-refractivity contribution in [1.29, 1.82) is 0 Å². The first-order chi connectivity index (χ1) is 15.5. The Hall–Kier alpha value is -3.96. The second-order valence-electron chi connectivity index (χ2n) is 7.28. The molecule has 2 aromatic carbocycles. The van der Waals surface area contributed by atoms with Crippen LogP contribution in [0.3, 0.4) is 0 Å². The molecule has 12 heteroatoms. The second-order valence-corrected chi connectivity index (χ2v) is 7.28. The van der Waals surface area contributed by atoms with Crippen LogP contribution in [0.15, 0.2) is 42.5 Å². The van der Waals surface area contributed by atoms with Gasteiger partial charge < -0.3 is 10.6 Å². The molecule has 33 heavy (non-hydrogen) atoms. The molecule has 2 N–H and O–H groups in total. The number of likely N-dealkylation sites (tertiary alicyclic amines) is 1. The topological polar surface area (TPSA) is 122 Å². The molecular formula is C21H19F3N4O5. The fourth-order valence-electron chi connectivity index (χ4n) is 3.22. The summed E-state index contributed by atoms with van der Waals surface area (Å²) in [5, 5.41) is 16.3. The van der Waals surface area contributed by atoms with Crippen LogP contribution in [0, 0.1) is 10.1 Å². The van der Waals surface area contributed by atoms with Crippen molar-refractivity contribution in [1.82, 2.24) is 4.90 Å². The average molecular weight is 464 g/mol. The highest BCUT2D eigenvalue weighted by molar-refractivity contribution is 6.01. The standard InChI is InChI=1S/C21H19F3N4O5/c22-21(23,24)14-3-6-16(17(11-14)28(32)33)25-10-9-18(29)26-15-4-1-13(2-5-15)12-27-19(30)7-8-20(27)31/h1-6,11,25H,7-10,12H2,(H,26,29).